The van der Waals surface area contributed by atoms with Gasteiger partial charge >= 0.3 is 0 Å². The third-order valence-corrected chi connectivity index (χ3v) is 4.03. The molecule has 1 aliphatic rings. The summed E-state index contributed by atoms with van der Waals surface area (Å²) in [6.45, 7) is 5.28. The third kappa shape index (κ3) is 1.91. The normalized spacial score (nSPS) is 18.1. The summed E-state index contributed by atoms with van der Waals surface area (Å²) in [5.41, 5.74) is 6.54. The van der Waals surface area contributed by atoms with E-state index in [0.29, 0.717) is 6.04 Å². The summed E-state index contributed by atoms with van der Waals surface area (Å²) in [4.78, 5) is 0. The Morgan fingerprint density at radius 1 is 1.18 bits per heavy atom. The van der Waals surface area contributed by atoms with Crippen LogP contribution in [0.1, 0.15) is 22.7 Å². The minimum absolute atomic E-state index is 0.373. The first-order valence-corrected chi connectivity index (χ1v) is 6.82. The Balaban J connectivity index is 1.91. The Labute approximate surface area is 106 Å². The van der Waals surface area contributed by atoms with E-state index >= 15 is 0 Å². The van der Waals surface area contributed by atoms with Gasteiger partial charge in [0.15, 0.2) is 0 Å². The first-order chi connectivity index (χ1) is 8.24. The van der Waals surface area contributed by atoms with Gasteiger partial charge in [-0.15, -0.1) is 11.3 Å². The predicted molar refractivity (Wildman–Crippen MR) is 75.1 cm³/mol. The molecule has 0 amide bonds. The van der Waals surface area contributed by atoms with Gasteiger partial charge in [0.2, 0.25) is 0 Å². The Bertz CT molecular complexity index is 545. The van der Waals surface area contributed by atoms with Crippen molar-refractivity contribution >= 4 is 22.7 Å². The molecule has 17 heavy (non-hydrogen) atoms. The molecule has 2 nitrogen and oxygen atoms in total. The zero-order valence-corrected chi connectivity index (χ0v) is 10.9. The average molecular weight is 244 g/mol. The molecular weight excluding hydrogens is 228 g/mol. The Hall–Kier alpha value is -1.48. The summed E-state index contributed by atoms with van der Waals surface area (Å²) in [5, 5.41) is 11.4. The first kappa shape index (κ1) is 10.7. The Morgan fingerprint density at radius 3 is 2.82 bits per heavy atom. The van der Waals surface area contributed by atoms with Gasteiger partial charge in [0.25, 0.3) is 0 Å². The molecular formula is C14H16N2S. The number of hydrogen-bond acceptors (Lipinski definition) is 3. The van der Waals surface area contributed by atoms with Gasteiger partial charge in [-0.3, -0.25) is 0 Å². The maximum absolute atomic E-state index is 3.60. The van der Waals surface area contributed by atoms with Crippen LogP contribution in [-0.2, 0) is 0 Å². The van der Waals surface area contributed by atoms with Crippen LogP contribution in [0.2, 0.25) is 0 Å². The third-order valence-electron chi connectivity index (χ3n) is 3.29. The summed E-state index contributed by atoms with van der Waals surface area (Å²) < 4.78 is 0. The molecule has 1 atom stereocenters. The van der Waals surface area contributed by atoms with Crippen LogP contribution in [0.4, 0.5) is 11.4 Å². The van der Waals surface area contributed by atoms with Gasteiger partial charge in [-0.25, -0.2) is 0 Å². The maximum atomic E-state index is 3.60. The van der Waals surface area contributed by atoms with Crippen LogP contribution in [0, 0.1) is 13.8 Å². The molecule has 0 fully saturated rings. The van der Waals surface area contributed by atoms with Crippen molar-refractivity contribution in [1.29, 1.82) is 0 Å². The lowest BCUT2D eigenvalue weighted by atomic mass is 9.98. The summed E-state index contributed by atoms with van der Waals surface area (Å²) in [7, 11) is 0. The molecule has 1 aromatic carbocycles. The Morgan fingerprint density at radius 2 is 2.00 bits per heavy atom. The monoisotopic (exact) mass is 244 g/mol. The number of anilines is 2. The van der Waals surface area contributed by atoms with Crippen molar-refractivity contribution in [2.45, 2.75) is 19.9 Å². The van der Waals surface area contributed by atoms with Crippen LogP contribution in [-0.4, -0.2) is 6.54 Å². The zero-order valence-electron chi connectivity index (χ0n) is 10.1. The number of rotatable bonds is 1. The van der Waals surface area contributed by atoms with Gasteiger partial charge in [0, 0.05) is 17.3 Å². The van der Waals surface area contributed by atoms with E-state index in [1.165, 1.54) is 28.1 Å². The molecule has 2 aromatic rings. The Kier molecular flexibility index (Phi) is 2.56. The summed E-state index contributed by atoms with van der Waals surface area (Å²) in [5.74, 6) is 0. The summed E-state index contributed by atoms with van der Waals surface area (Å²) in [6, 6.07) is 7.05. The van der Waals surface area contributed by atoms with E-state index in [1.807, 2.05) is 0 Å². The van der Waals surface area contributed by atoms with Crippen molar-refractivity contribution in [2.75, 3.05) is 17.2 Å². The average Bonchev–Trinajstić information content (AvgIpc) is 2.75. The van der Waals surface area contributed by atoms with Crippen molar-refractivity contribution in [3.63, 3.8) is 0 Å². The van der Waals surface area contributed by atoms with Crippen LogP contribution in [0.15, 0.2) is 29.0 Å². The SMILES string of the molecule is Cc1ccc(C2CNc3cscc3N2)c(C)c1. The number of aryl methyl sites for hydroxylation is 2. The van der Waals surface area contributed by atoms with E-state index in [2.05, 4.69) is 53.4 Å². The van der Waals surface area contributed by atoms with E-state index in [1.54, 1.807) is 11.3 Å². The quantitative estimate of drug-likeness (QED) is 0.794. The van der Waals surface area contributed by atoms with Gasteiger partial charge in [-0.05, 0) is 25.0 Å². The fourth-order valence-electron chi connectivity index (χ4n) is 2.40. The molecule has 3 heteroatoms. The maximum Gasteiger partial charge on any atom is 0.0690 e. The van der Waals surface area contributed by atoms with Crippen LogP contribution in [0.3, 0.4) is 0 Å². The molecule has 88 valence electrons. The lowest BCUT2D eigenvalue weighted by Crippen LogP contribution is -2.25. The second kappa shape index (κ2) is 4.08. The summed E-state index contributed by atoms with van der Waals surface area (Å²) in [6.07, 6.45) is 0. The number of benzene rings is 1. The molecule has 0 aliphatic carbocycles. The molecule has 2 heterocycles. The molecule has 1 aliphatic heterocycles. The fraction of sp³-hybridized carbons (Fsp3) is 0.286. The largest absolute Gasteiger partial charge is 0.380 e. The van der Waals surface area contributed by atoms with Gasteiger partial charge in [0.1, 0.15) is 0 Å². The van der Waals surface area contributed by atoms with E-state index in [0.717, 1.165) is 6.54 Å². The van der Waals surface area contributed by atoms with E-state index < -0.39 is 0 Å². The van der Waals surface area contributed by atoms with Crippen molar-refractivity contribution < 1.29 is 0 Å². The number of nitrogens with one attached hydrogen (secondary N) is 2. The smallest absolute Gasteiger partial charge is 0.0690 e. The van der Waals surface area contributed by atoms with Gasteiger partial charge in [-0.2, -0.15) is 0 Å². The lowest BCUT2D eigenvalue weighted by molar-refractivity contribution is 0.798. The van der Waals surface area contributed by atoms with Crippen LogP contribution in [0.5, 0.6) is 0 Å². The summed E-state index contributed by atoms with van der Waals surface area (Å²) >= 11 is 1.73. The standard InChI is InChI=1S/C14H16N2S/c1-9-3-4-11(10(2)5-9)12-6-15-13-7-17-8-14(13)16-12/h3-5,7-8,12,15-16H,6H2,1-2H3. The van der Waals surface area contributed by atoms with Crippen molar-refractivity contribution in [3.05, 3.63) is 45.6 Å². The highest BCUT2D eigenvalue weighted by Crippen LogP contribution is 2.35. The fourth-order valence-corrected chi connectivity index (χ4v) is 3.15. The van der Waals surface area contributed by atoms with Crippen LogP contribution < -0.4 is 10.6 Å². The topological polar surface area (TPSA) is 24.1 Å². The van der Waals surface area contributed by atoms with Gasteiger partial charge in [-0.1, -0.05) is 23.8 Å². The molecule has 0 saturated heterocycles. The highest BCUT2D eigenvalue weighted by atomic mass is 32.1. The lowest BCUT2D eigenvalue weighted by Gasteiger charge is -2.28. The highest BCUT2D eigenvalue weighted by Gasteiger charge is 2.20. The predicted octanol–water partition coefficient (Wildman–Crippen LogP) is 3.94. The van der Waals surface area contributed by atoms with E-state index in [-0.39, 0.29) is 0 Å². The van der Waals surface area contributed by atoms with E-state index in [9.17, 15) is 0 Å². The second-order valence-electron chi connectivity index (χ2n) is 4.64. The minimum atomic E-state index is 0.373. The zero-order chi connectivity index (χ0) is 11.8. The molecule has 3 rings (SSSR count). The second-order valence-corrected chi connectivity index (χ2v) is 5.38. The van der Waals surface area contributed by atoms with Crippen molar-refractivity contribution in [2.24, 2.45) is 0 Å². The minimum Gasteiger partial charge on any atom is -0.380 e. The number of hydrogen-bond donors (Lipinski definition) is 2. The van der Waals surface area contributed by atoms with Crippen LogP contribution >= 0.6 is 11.3 Å². The molecule has 2 N–H and O–H groups in total. The highest BCUT2D eigenvalue weighted by molar-refractivity contribution is 7.09. The molecule has 1 unspecified atom stereocenters. The molecule has 0 radical (unpaired) electrons. The molecule has 0 spiro atoms. The molecule has 0 bridgehead atoms. The van der Waals surface area contributed by atoms with Gasteiger partial charge < -0.3 is 10.6 Å². The number of fused-ring (bicyclic) bond motifs is 1. The number of thiophene rings is 1. The molecule has 1 aromatic heterocycles. The van der Waals surface area contributed by atoms with Crippen molar-refractivity contribution in [1.82, 2.24) is 0 Å². The van der Waals surface area contributed by atoms with E-state index in [4.69, 9.17) is 0 Å². The molecule has 0 saturated carbocycles. The van der Waals surface area contributed by atoms with Gasteiger partial charge in [0.05, 0.1) is 17.4 Å². The van der Waals surface area contributed by atoms with Crippen molar-refractivity contribution in [3.8, 4) is 0 Å². The van der Waals surface area contributed by atoms with Crippen LogP contribution in [0.25, 0.3) is 0 Å². The first-order valence-electron chi connectivity index (χ1n) is 5.88.